The molecule has 0 aromatic heterocycles. The maximum Gasteiger partial charge on any atom is 0.180 e. The molecule has 2 aromatic carbocycles. The molecule has 0 amide bonds. The highest BCUT2D eigenvalue weighted by atomic mass is 32.2. The van der Waals surface area contributed by atoms with Gasteiger partial charge >= 0.3 is 0 Å². The van der Waals surface area contributed by atoms with Crippen molar-refractivity contribution in [2.24, 2.45) is 15.9 Å². The van der Waals surface area contributed by atoms with E-state index in [-0.39, 0.29) is 0 Å². The second-order valence-corrected chi connectivity index (χ2v) is 6.40. The highest BCUT2D eigenvalue weighted by Crippen LogP contribution is 2.39. The van der Waals surface area contributed by atoms with Crippen molar-refractivity contribution in [2.75, 3.05) is 0 Å². The monoisotopic (exact) mass is 309 g/mol. The fourth-order valence-electron chi connectivity index (χ4n) is 2.22. The molecule has 3 rings (SSSR count). The van der Waals surface area contributed by atoms with E-state index in [9.17, 15) is 0 Å². The van der Waals surface area contributed by atoms with Crippen molar-refractivity contribution >= 4 is 23.1 Å². The standard InChI is InChI=1S/C18H19N3S/c19-18(22-13-14-5-2-1-3-6-14)21-20-12-15-7-4-8-17(11-15)16-9-10-16/h1-8,11-12,16H,9-10,13H2,(H2,19,21). The summed E-state index contributed by atoms with van der Waals surface area (Å²) in [6, 6.07) is 18.7. The number of benzene rings is 2. The molecule has 0 aliphatic heterocycles. The summed E-state index contributed by atoms with van der Waals surface area (Å²) in [5.74, 6) is 1.56. The quantitative estimate of drug-likeness (QED) is 0.512. The molecule has 4 heteroatoms. The van der Waals surface area contributed by atoms with Gasteiger partial charge in [-0.05, 0) is 41.5 Å². The van der Waals surface area contributed by atoms with Crippen LogP contribution < -0.4 is 5.73 Å². The zero-order valence-electron chi connectivity index (χ0n) is 12.4. The van der Waals surface area contributed by atoms with Gasteiger partial charge in [0, 0.05) is 5.75 Å². The Bertz CT molecular complexity index is 676. The molecule has 0 unspecified atom stereocenters. The zero-order valence-corrected chi connectivity index (χ0v) is 13.2. The van der Waals surface area contributed by atoms with Crippen LogP contribution in [0.1, 0.15) is 35.4 Å². The van der Waals surface area contributed by atoms with Gasteiger partial charge in [-0.3, -0.25) is 0 Å². The van der Waals surface area contributed by atoms with E-state index in [1.54, 1.807) is 6.21 Å². The van der Waals surface area contributed by atoms with Crippen molar-refractivity contribution in [1.82, 2.24) is 0 Å². The molecule has 2 N–H and O–H groups in total. The first-order valence-electron chi connectivity index (χ1n) is 7.44. The Morgan fingerprint density at radius 1 is 1.14 bits per heavy atom. The second kappa shape index (κ2) is 7.27. The van der Waals surface area contributed by atoms with E-state index in [1.807, 2.05) is 24.3 Å². The van der Waals surface area contributed by atoms with Crippen LogP contribution in [0.25, 0.3) is 0 Å². The summed E-state index contributed by atoms with van der Waals surface area (Å²) in [5.41, 5.74) is 9.58. The Labute approximate surface area is 135 Å². The lowest BCUT2D eigenvalue weighted by Crippen LogP contribution is -2.06. The third kappa shape index (κ3) is 4.46. The molecule has 1 aliphatic carbocycles. The van der Waals surface area contributed by atoms with Gasteiger partial charge in [0.1, 0.15) is 0 Å². The van der Waals surface area contributed by atoms with Gasteiger partial charge in [0.25, 0.3) is 0 Å². The summed E-state index contributed by atoms with van der Waals surface area (Å²) in [7, 11) is 0. The minimum atomic E-state index is 0.485. The van der Waals surface area contributed by atoms with Crippen molar-refractivity contribution < 1.29 is 0 Å². The van der Waals surface area contributed by atoms with Crippen LogP contribution in [0.5, 0.6) is 0 Å². The minimum absolute atomic E-state index is 0.485. The van der Waals surface area contributed by atoms with E-state index >= 15 is 0 Å². The molecule has 0 atom stereocenters. The number of amidine groups is 1. The third-order valence-corrected chi connectivity index (χ3v) is 4.41. The van der Waals surface area contributed by atoms with Crippen LogP contribution in [0.3, 0.4) is 0 Å². The number of hydrogen-bond donors (Lipinski definition) is 1. The zero-order chi connectivity index (χ0) is 15.2. The Morgan fingerprint density at radius 2 is 1.95 bits per heavy atom. The van der Waals surface area contributed by atoms with E-state index in [1.165, 1.54) is 35.7 Å². The average molecular weight is 309 g/mol. The first-order valence-corrected chi connectivity index (χ1v) is 8.43. The highest BCUT2D eigenvalue weighted by molar-refractivity contribution is 8.13. The topological polar surface area (TPSA) is 50.7 Å². The van der Waals surface area contributed by atoms with Crippen molar-refractivity contribution in [1.29, 1.82) is 0 Å². The van der Waals surface area contributed by atoms with Gasteiger partial charge in [-0.1, -0.05) is 60.3 Å². The Morgan fingerprint density at radius 3 is 2.73 bits per heavy atom. The van der Waals surface area contributed by atoms with Gasteiger partial charge in [-0.15, -0.1) is 5.10 Å². The van der Waals surface area contributed by atoms with Gasteiger partial charge in [0.2, 0.25) is 0 Å². The van der Waals surface area contributed by atoms with Crippen molar-refractivity contribution in [3.63, 3.8) is 0 Å². The number of nitrogens with two attached hydrogens (primary N) is 1. The van der Waals surface area contributed by atoms with E-state index in [0.29, 0.717) is 5.17 Å². The fraction of sp³-hybridized carbons (Fsp3) is 0.222. The Hall–Kier alpha value is -2.07. The molecule has 2 aromatic rings. The van der Waals surface area contributed by atoms with Crippen LogP contribution in [0.15, 0.2) is 64.8 Å². The second-order valence-electron chi connectivity index (χ2n) is 5.40. The Balaban J connectivity index is 1.54. The molecule has 0 heterocycles. The van der Waals surface area contributed by atoms with Gasteiger partial charge in [-0.25, -0.2) is 0 Å². The lowest BCUT2D eigenvalue weighted by atomic mass is 10.1. The minimum Gasteiger partial charge on any atom is -0.377 e. The van der Waals surface area contributed by atoms with E-state index in [2.05, 4.69) is 40.5 Å². The van der Waals surface area contributed by atoms with Gasteiger partial charge in [0.15, 0.2) is 5.17 Å². The van der Waals surface area contributed by atoms with Crippen molar-refractivity contribution in [3.05, 3.63) is 71.3 Å². The predicted molar refractivity (Wildman–Crippen MR) is 95.4 cm³/mol. The molecule has 1 aliphatic rings. The summed E-state index contributed by atoms with van der Waals surface area (Å²) in [4.78, 5) is 0. The van der Waals surface area contributed by atoms with Crippen LogP contribution in [-0.2, 0) is 5.75 Å². The summed E-state index contributed by atoms with van der Waals surface area (Å²) >= 11 is 1.50. The molecule has 112 valence electrons. The van der Waals surface area contributed by atoms with Gasteiger partial charge in [-0.2, -0.15) is 5.10 Å². The molecule has 1 fully saturated rings. The van der Waals surface area contributed by atoms with Crippen molar-refractivity contribution in [2.45, 2.75) is 24.5 Å². The lowest BCUT2D eigenvalue weighted by molar-refractivity contribution is 1.13. The molecule has 3 nitrogen and oxygen atoms in total. The lowest BCUT2D eigenvalue weighted by Gasteiger charge is -2.00. The van der Waals surface area contributed by atoms with Crippen LogP contribution in [0.2, 0.25) is 0 Å². The van der Waals surface area contributed by atoms with E-state index in [4.69, 9.17) is 5.73 Å². The molecule has 0 spiro atoms. The predicted octanol–water partition coefficient (Wildman–Crippen LogP) is 4.15. The average Bonchev–Trinajstić information content (AvgIpc) is 3.39. The molecular formula is C18H19N3S. The number of nitrogens with zero attached hydrogens (tertiary/aromatic N) is 2. The number of rotatable bonds is 5. The normalized spacial score (nSPS) is 15.4. The maximum atomic E-state index is 5.87. The van der Waals surface area contributed by atoms with E-state index in [0.717, 1.165) is 17.2 Å². The molecule has 22 heavy (non-hydrogen) atoms. The highest BCUT2D eigenvalue weighted by Gasteiger charge is 2.23. The summed E-state index contributed by atoms with van der Waals surface area (Å²) in [6.07, 6.45) is 4.38. The van der Waals surface area contributed by atoms with Gasteiger partial charge < -0.3 is 5.73 Å². The maximum absolute atomic E-state index is 5.87. The fourth-order valence-corrected chi connectivity index (χ4v) is 2.83. The van der Waals surface area contributed by atoms with Crippen LogP contribution >= 0.6 is 11.8 Å². The van der Waals surface area contributed by atoms with Crippen molar-refractivity contribution in [3.8, 4) is 0 Å². The molecule has 0 bridgehead atoms. The van der Waals surface area contributed by atoms with Crippen LogP contribution in [0, 0.1) is 0 Å². The number of thioether (sulfide) groups is 1. The van der Waals surface area contributed by atoms with Gasteiger partial charge in [0.05, 0.1) is 6.21 Å². The summed E-state index contributed by atoms with van der Waals surface area (Å²) in [6.45, 7) is 0. The number of hydrogen-bond acceptors (Lipinski definition) is 3. The molecule has 1 saturated carbocycles. The third-order valence-electron chi connectivity index (χ3n) is 3.55. The first-order chi connectivity index (χ1) is 10.8. The summed E-state index contributed by atoms with van der Waals surface area (Å²) < 4.78 is 0. The van der Waals surface area contributed by atoms with Crippen LogP contribution in [-0.4, -0.2) is 11.4 Å². The first kappa shape index (κ1) is 14.9. The van der Waals surface area contributed by atoms with Crippen LogP contribution in [0.4, 0.5) is 0 Å². The summed E-state index contributed by atoms with van der Waals surface area (Å²) in [5, 5.41) is 8.63. The Kier molecular flexibility index (Phi) is 4.91. The molecule has 0 saturated heterocycles. The van der Waals surface area contributed by atoms with E-state index < -0.39 is 0 Å². The molecular weight excluding hydrogens is 290 g/mol. The smallest absolute Gasteiger partial charge is 0.180 e. The SMILES string of the molecule is NC(=NN=Cc1cccc(C2CC2)c1)SCc1ccccc1. The molecule has 0 radical (unpaired) electrons. The largest absolute Gasteiger partial charge is 0.377 e.